The van der Waals surface area contributed by atoms with E-state index in [0.29, 0.717) is 17.1 Å². The van der Waals surface area contributed by atoms with Crippen LogP contribution in [0.2, 0.25) is 0 Å². The van der Waals surface area contributed by atoms with Crippen LogP contribution in [0.5, 0.6) is 11.5 Å². The van der Waals surface area contributed by atoms with Crippen LogP contribution < -0.4 is 20.9 Å². The van der Waals surface area contributed by atoms with Gasteiger partial charge in [0.15, 0.2) is 0 Å². The fourth-order valence-electron chi connectivity index (χ4n) is 1.75. The summed E-state index contributed by atoms with van der Waals surface area (Å²) in [5, 5.41) is 7.98. The number of nitrogen functional groups attached to an aromatic ring is 2. The summed E-state index contributed by atoms with van der Waals surface area (Å²) in [6.45, 7) is 0. The van der Waals surface area contributed by atoms with Crippen LogP contribution in [0.1, 0.15) is 11.1 Å². The molecule has 22 heavy (non-hydrogen) atoms. The SMILES string of the molecule is COc1cc(C#CC(=N)c2c(N)ncnc2N)cc(OC)c1. The lowest BCUT2D eigenvalue weighted by atomic mass is 10.1. The maximum absolute atomic E-state index is 7.98. The van der Waals surface area contributed by atoms with Crippen LogP contribution in [0.15, 0.2) is 24.5 Å². The second kappa shape index (κ2) is 6.45. The Morgan fingerprint density at radius 1 is 1.05 bits per heavy atom. The van der Waals surface area contributed by atoms with Crippen LogP contribution >= 0.6 is 0 Å². The second-order valence-corrected chi connectivity index (χ2v) is 4.25. The van der Waals surface area contributed by atoms with Crippen LogP contribution in [-0.4, -0.2) is 29.9 Å². The van der Waals surface area contributed by atoms with Gasteiger partial charge in [0.2, 0.25) is 0 Å². The van der Waals surface area contributed by atoms with E-state index in [1.807, 2.05) is 0 Å². The molecule has 1 aromatic heterocycles. The molecule has 0 aliphatic heterocycles. The van der Waals surface area contributed by atoms with Gasteiger partial charge in [-0.05, 0) is 18.1 Å². The quantitative estimate of drug-likeness (QED) is 0.576. The molecule has 5 N–H and O–H groups in total. The van der Waals surface area contributed by atoms with Gasteiger partial charge >= 0.3 is 0 Å². The average molecular weight is 297 g/mol. The zero-order valence-corrected chi connectivity index (χ0v) is 12.2. The minimum absolute atomic E-state index is 0.0580. The fourth-order valence-corrected chi connectivity index (χ4v) is 1.75. The molecule has 112 valence electrons. The molecule has 0 atom stereocenters. The Bertz CT molecular complexity index is 735. The molecule has 1 aromatic carbocycles. The largest absolute Gasteiger partial charge is 0.497 e. The summed E-state index contributed by atoms with van der Waals surface area (Å²) < 4.78 is 10.3. The van der Waals surface area contributed by atoms with Crippen molar-refractivity contribution in [2.75, 3.05) is 25.7 Å². The van der Waals surface area contributed by atoms with Gasteiger partial charge in [0, 0.05) is 11.6 Å². The van der Waals surface area contributed by atoms with Crippen LogP contribution in [-0.2, 0) is 0 Å². The number of ether oxygens (including phenoxy) is 2. The average Bonchev–Trinajstić information content (AvgIpc) is 2.52. The maximum Gasteiger partial charge on any atom is 0.139 e. The van der Waals surface area contributed by atoms with Crippen LogP contribution in [0.4, 0.5) is 11.6 Å². The van der Waals surface area contributed by atoms with E-state index < -0.39 is 0 Å². The summed E-state index contributed by atoms with van der Waals surface area (Å²) in [6.07, 6.45) is 1.24. The number of hydrogen-bond donors (Lipinski definition) is 3. The Balaban J connectivity index is 2.36. The number of methoxy groups -OCH3 is 2. The Morgan fingerprint density at radius 3 is 2.09 bits per heavy atom. The van der Waals surface area contributed by atoms with Crippen molar-refractivity contribution in [2.45, 2.75) is 0 Å². The first kappa shape index (κ1) is 15.1. The van der Waals surface area contributed by atoms with Gasteiger partial charge in [-0.15, -0.1) is 0 Å². The van der Waals surface area contributed by atoms with Gasteiger partial charge in [0.25, 0.3) is 0 Å². The van der Waals surface area contributed by atoms with Crippen molar-refractivity contribution >= 4 is 17.3 Å². The van der Waals surface area contributed by atoms with Crippen molar-refractivity contribution in [3.8, 4) is 23.3 Å². The highest BCUT2D eigenvalue weighted by Crippen LogP contribution is 2.22. The van der Waals surface area contributed by atoms with Crippen LogP contribution in [0.25, 0.3) is 0 Å². The highest BCUT2D eigenvalue weighted by Gasteiger charge is 2.10. The molecule has 1 heterocycles. The number of nitrogens with zero attached hydrogens (tertiary/aromatic N) is 2. The summed E-state index contributed by atoms with van der Waals surface area (Å²) in [7, 11) is 3.10. The molecule has 0 fully saturated rings. The minimum Gasteiger partial charge on any atom is -0.497 e. The summed E-state index contributed by atoms with van der Waals surface area (Å²) in [6, 6.07) is 5.20. The van der Waals surface area contributed by atoms with Crippen molar-refractivity contribution in [1.29, 1.82) is 5.41 Å². The standard InChI is InChI=1S/C15H15N5O2/c1-21-10-5-9(6-11(7-10)22-2)3-4-12(16)13-14(17)19-8-20-15(13)18/h5-8,16H,1-2H3,(H4,17,18,19,20). The minimum atomic E-state index is -0.0580. The van der Waals surface area contributed by atoms with E-state index in [-0.39, 0.29) is 22.9 Å². The van der Waals surface area contributed by atoms with E-state index in [9.17, 15) is 0 Å². The number of rotatable bonds is 3. The molecular weight excluding hydrogens is 282 g/mol. The topological polar surface area (TPSA) is 120 Å². The van der Waals surface area contributed by atoms with E-state index in [4.69, 9.17) is 26.4 Å². The molecular formula is C15H15N5O2. The van der Waals surface area contributed by atoms with Crippen molar-refractivity contribution in [3.63, 3.8) is 0 Å². The molecule has 2 aromatic rings. The lowest BCUT2D eigenvalue weighted by Crippen LogP contribution is -2.09. The summed E-state index contributed by atoms with van der Waals surface area (Å²) in [5.74, 6) is 6.99. The third-order valence-corrected chi connectivity index (χ3v) is 2.84. The molecule has 0 aliphatic carbocycles. The highest BCUT2D eigenvalue weighted by molar-refractivity contribution is 6.16. The van der Waals surface area contributed by atoms with E-state index in [1.54, 1.807) is 32.4 Å². The Hall–Kier alpha value is -3.27. The van der Waals surface area contributed by atoms with Crippen molar-refractivity contribution in [1.82, 2.24) is 9.97 Å². The Morgan fingerprint density at radius 2 is 1.59 bits per heavy atom. The third kappa shape index (κ3) is 3.24. The van der Waals surface area contributed by atoms with E-state index in [2.05, 4.69) is 21.8 Å². The first-order valence-corrected chi connectivity index (χ1v) is 6.25. The summed E-state index contributed by atoms with van der Waals surface area (Å²) in [5.41, 5.74) is 12.2. The first-order chi connectivity index (χ1) is 10.5. The maximum atomic E-state index is 7.98. The van der Waals surface area contributed by atoms with Gasteiger partial charge < -0.3 is 20.9 Å². The number of anilines is 2. The molecule has 0 amide bonds. The molecule has 0 radical (unpaired) electrons. The molecule has 2 rings (SSSR count). The van der Waals surface area contributed by atoms with Crippen LogP contribution in [0, 0.1) is 17.3 Å². The Kier molecular flexibility index (Phi) is 4.44. The fraction of sp³-hybridized carbons (Fsp3) is 0.133. The Labute approximate surface area is 127 Å². The molecule has 0 bridgehead atoms. The molecule has 0 aliphatic rings. The lowest BCUT2D eigenvalue weighted by molar-refractivity contribution is 0.394. The second-order valence-electron chi connectivity index (χ2n) is 4.25. The smallest absolute Gasteiger partial charge is 0.139 e. The molecule has 7 heteroatoms. The molecule has 0 saturated carbocycles. The number of aromatic nitrogens is 2. The predicted molar refractivity (Wildman–Crippen MR) is 84.1 cm³/mol. The van der Waals surface area contributed by atoms with Crippen molar-refractivity contribution in [2.24, 2.45) is 0 Å². The lowest BCUT2D eigenvalue weighted by Gasteiger charge is -2.05. The van der Waals surface area contributed by atoms with E-state index in [1.165, 1.54) is 6.33 Å². The molecule has 7 nitrogen and oxygen atoms in total. The summed E-state index contributed by atoms with van der Waals surface area (Å²) >= 11 is 0. The predicted octanol–water partition coefficient (Wildman–Crippen LogP) is 1.08. The van der Waals surface area contributed by atoms with Gasteiger partial charge in [0.05, 0.1) is 19.8 Å². The number of benzene rings is 1. The van der Waals surface area contributed by atoms with Gasteiger partial charge in [0.1, 0.15) is 35.2 Å². The van der Waals surface area contributed by atoms with Crippen molar-refractivity contribution in [3.05, 3.63) is 35.7 Å². The van der Waals surface area contributed by atoms with Gasteiger partial charge in [-0.1, -0.05) is 5.92 Å². The molecule has 0 unspecified atom stereocenters. The normalized spacial score (nSPS) is 9.55. The van der Waals surface area contributed by atoms with E-state index >= 15 is 0 Å². The van der Waals surface area contributed by atoms with Gasteiger partial charge in [-0.2, -0.15) is 0 Å². The van der Waals surface area contributed by atoms with Gasteiger partial charge in [-0.25, -0.2) is 9.97 Å². The first-order valence-electron chi connectivity index (χ1n) is 6.25. The monoisotopic (exact) mass is 297 g/mol. The molecule has 0 saturated heterocycles. The summed E-state index contributed by atoms with van der Waals surface area (Å²) in [4.78, 5) is 7.62. The zero-order valence-electron chi connectivity index (χ0n) is 12.2. The van der Waals surface area contributed by atoms with Gasteiger partial charge in [-0.3, -0.25) is 5.41 Å². The van der Waals surface area contributed by atoms with Crippen LogP contribution in [0.3, 0.4) is 0 Å². The van der Waals surface area contributed by atoms with Crippen molar-refractivity contribution < 1.29 is 9.47 Å². The number of nitrogens with one attached hydrogen (secondary N) is 1. The third-order valence-electron chi connectivity index (χ3n) is 2.84. The number of nitrogens with two attached hydrogens (primary N) is 2. The van der Waals surface area contributed by atoms with E-state index in [0.717, 1.165) is 0 Å². The highest BCUT2D eigenvalue weighted by atomic mass is 16.5. The number of hydrogen-bond acceptors (Lipinski definition) is 7. The molecule has 0 spiro atoms. The zero-order chi connectivity index (χ0) is 16.1.